The van der Waals surface area contributed by atoms with E-state index in [1.54, 1.807) is 0 Å². The minimum absolute atomic E-state index is 0.329. The van der Waals surface area contributed by atoms with Crippen molar-refractivity contribution >= 4 is 0 Å². The van der Waals surface area contributed by atoms with E-state index in [2.05, 4.69) is 25.1 Å². The highest BCUT2D eigenvalue weighted by molar-refractivity contribution is 5.25. The highest BCUT2D eigenvalue weighted by Crippen LogP contribution is 2.27. The molecule has 0 aromatic heterocycles. The van der Waals surface area contributed by atoms with Gasteiger partial charge in [-0.25, -0.2) is 0 Å². The van der Waals surface area contributed by atoms with Crippen molar-refractivity contribution in [1.29, 1.82) is 0 Å². The van der Waals surface area contributed by atoms with Gasteiger partial charge < -0.3 is 5.11 Å². The molecule has 1 nitrogen and oxygen atoms in total. The average Bonchev–Trinajstić information content (AvgIpc) is 2.30. The van der Waals surface area contributed by atoms with Crippen molar-refractivity contribution in [1.82, 2.24) is 0 Å². The maximum absolute atomic E-state index is 10.2. The lowest BCUT2D eigenvalue weighted by Gasteiger charge is -2.17. The van der Waals surface area contributed by atoms with Crippen LogP contribution in [0.15, 0.2) is 35.9 Å². The second-order valence-electron chi connectivity index (χ2n) is 4.74. The molecule has 1 aliphatic rings. The number of hydrogen-bond acceptors (Lipinski definition) is 1. The minimum Gasteiger partial charge on any atom is -0.388 e. The van der Waals surface area contributed by atoms with E-state index in [9.17, 15) is 5.11 Å². The van der Waals surface area contributed by atoms with E-state index in [4.69, 9.17) is 0 Å². The number of benzene rings is 1. The number of hydrogen-bond donors (Lipinski definition) is 1. The van der Waals surface area contributed by atoms with Crippen LogP contribution in [0, 0.1) is 6.92 Å². The fourth-order valence-corrected chi connectivity index (χ4v) is 2.33. The van der Waals surface area contributed by atoms with Crippen molar-refractivity contribution in [2.75, 3.05) is 0 Å². The lowest BCUT2D eigenvalue weighted by atomic mass is 9.92. The summed E-state index contributed by atoms with van der Waals surface area (Å²) in [6.45, 7) is 2.07. The van der Waals surface area contributed by atoms with Crippen LogP contribution in [-0.2, 0) is 0 Å². The van der Waals surface area contributed by atoms with Crippen LogP contribution in [0.5, 0.6) is 0 Å². The van der Waals surface area contributed by atoms with E-state index in [-0.39, 0.29) is 6.10 Å². The number of aryl methyl sites for hydroxylation is 1. The molecule has 0 fully saturated rings. The zero-order valence-corrected chi connectivity index (χ0v) is 9.95. The Morgan fingerprint density at radius 1 is 1.31 bits per heavy atom. The lowest BCUT2D eigenvalue weighted by Crippen LogP contribution is -2.02. The van der Waals surface area contributed by atoms with Crippen LogP contribution in [0.4, 0.5) is 0 Å². The highest BCUT2D eigenvalue weighted by atomic mass is 16.3. The van der Waals surface area contributed by atoms with Crippen molar-refractivity contribution in [2.45, 2.75) is 45.1 Å². The van der Waals surface area contributed by atoms with Crippen molar-refractivity contribution in [3.05, 3.63) is 47.0 Å². The largest absolute Gasteiger partial charge is 0.388 e. The number of aliphatic hydroxyl groups excluding tert-OH is 1. The molecule has 0 amide bonds. The third-order valence-electron chi connectivity index (χ3n) is 3.27. The van der Waals surface area contributed by atoms with Gasteiger partial charge in [-0.05, 0) is 44.6 Å². The van der Waals surface area contributed by atoms with Crippen LogP contribution >= 0.6 is 0 Å². The van der Waals surface area contributed by atoms with E-state index in [0.29, 0.717) is 0 Å². The summed E-state index contributed by atoms with van der Waals surface area (Å²) in [5.41, 5.74) is 3.70. The first-order valence-electron chi connectivity index (χ1n) is 6.18. The Morgan fingerprint density at radius 2 is 2.19 bits per heavy atom. The van der Waals surface area contributed by atoms with Crippen LogP contribution in [0.2, 0.25) is 0 Å². The molecule has 1 atom stereocenters. The van der Waals surface area contributed by atoms with Gasteiger partial charge in [-0.1, -0.05) is 41.5 Å². The van der Waals surface area contributed by atoms with Crippen molar-refractivity contribution in [2.24, 2.45) is 0 Å². The molecule has 1 aliphatic carbocycles. The predicted octanol–water partition coefficient (Wildman–Crippen LogP) is 3.92. The summed E-state index contributed by atoms with van der Waals surface area (Å²) in [4.78, 5) is 0. The quantitative estimate of drug-likeness (QED) is 0.759. The maximum atomic E-state index is 10.2. The Bertz CT molecular complexity index is 379. The molecule has 16 heavy (non-hydrogen) atoms. The summed E-state index contributed by atoms with van der Waals surface area (Å²) in [5.74, 6) is 0. The molecule has 1 unspecified atom stereocenters. The fourth-order valence-electron chi connectivity index (χ4n) is 2.33. The number of aliphatic hydroxyl groups is 1. The Morgan fingerprint density at radius 3 is 2.88 bits per heavy atom. The lowest BCUT2D eigenvalue weighted by molar-refractivity contribution is 0.176. The van der Waals surface area contributed by atoms with E-state index in [1.807, 2.05) is 12.1 Å². The Balaban J connectivity index is 2.02. The van der Waals surface area contributed by atoms with Gasteiger partial charge in [0.25, 0.3) is 0 Å². The molecule has 0 saturated heterocycles. The van der Waals surface area contributed by atoms with Crippen LogP contribution in [-0.4, -0.2) is 5.11 Å². The third kappa shape index (κ3) is 2.96. The highest BCUT2D eigenvalue weighted by Gasteiger charge is 2.11. The summed E-state index contributed by atoms with van der Waals surface area (Å²) in [6.07, 6.45) is 7.74. The van der Waals surface area contributed by atoms with Gasteiger partial charge in [0.2, 0.25) is 0 Å². The maximum Gasteiger partial charge on any atom is 0.0827 e. The van der Waals surface area contributed by atoms with Gasteiger partial charge in [-0.15, -0.1) is 0 Å². The van der Waals surface area contributed by atoms with Crippen LogP contribution in [0.1, 0.15) is 49.3 Å². The molecule has 2 rings (SSSR count). The SMILES string of the molecule is Cc1cccc(C(O)CC2=CCCCC2)c1. The third-order valence-corrected chi connectivity index (χ3v) is 3.27. The first-order valence-corrected chi connectivity index (χ1v) is 6.18. The van der Waals surface area contributed by atoms with Crippen LogP contribution < -0.4 is 0 Å². The van der Waals surface area contributed by atoms with E-state index in [1.165, 1.54) is 36.8 Å². The average molecular weight is 216 g/mol. The smallest absolute Gasteiger partial charge is 0.0827 e. The molecule has 0 spiro atoms. The van der Waals surface area contributed by atoms with Crippen molar-refractivity contribution < 1.29 is 5.11 Å². The van der Waals surface area contributed by atoms with Crippen molar-refractivity contribution in [3.8, 4) is 0 Å². The number of allylic oxidation sites excluding steroid dienone is 1. The molecule has 0 aliphatic heterocycles. The van der Waals surface area contributed by atoms with Crippen LogP contribution in [0.3, 0.4) is 0 Å². The van der Waals surface area contributed by atoms with Gasteiger partial charge >= 0.3 is 0 Å². The Kier molecular flexibility index (Phi) is 3.79. The molecular weight excluding hydrogens is 196 g/mol. The molecule has 0 radical (unpaired) electrons. The van der Waals surface area contributed by atoms with Gasteiger partial charge in [-0.3, -0.25) is 0 Å². The summed E-state index contributed by atoms with van der Waals surface area (Å²) >= 11 is 0. The van der Waals surface area contributed by atoms with Crippen LogP contribution in [0.25, 0.3) is 0 Å². The Labute approximate surface area is 97.8 Å². The normalized spacial score (nSPS) is 18.0. The van der Waals surface area contributed by atoms with Gasteiger partial charge in [-0.2, -0.15) is 0 Å². The first-order chi connectivity index (χ1) is 7.75. The summed E-state index contributed by atoms with van der Waals surface area (Å²) in [6, 6.07) is 8.17. The number of rotatable bonds is 3. The zero-order chi connectivity index (χ0) is 11.4. The first kappa shape index (κ1) is 11.4. The van der Waals surface area contributed by atoms with Gasteiger partial charge in [0.05, 0.1) is 6.10 Å². The Hall–Kier alpha value is -1.08. The van der Waals surface area contributed by atoms with Gasteiger partial charge in [0.1, 0.15) is 0 Å². The molecule has 1 aromatic carbocycles. The fraction of sp³-hybridized carbons (Fsp3) is 0.467. The molecule has 1 heteroatoms. The van der Waals surface area contributed by atoms with E-state index < -0.39 is 0 Å². The minimum atomic E-state index is -0.329. The molecule has 0 heterocycles. The molecular formula is C15H20O. The molecule has 0 saturated carbocycles. The molecule has 1 N–H and O–H groups in total. The second kappa shape index (κ2) is 5.31. The summed E-state index contributed by atoms with van der Waals surface area (Å²) in [7, 11) is 0. The van der Waals surface area contributed by atoms with E-state index >= 15 is 0 Å². The topological polar surface area (TPSA) is 20.2 Å². The zero-order valence-electron chi connectivity index (χ0n) is 9.95. The summed E-state index contributed by atoms with van der Waals surface area (Å²) < 4.78 is 0. The molecule has 1 aromatic rings. The second-order valence-corrected chi connectivity index (χ2v) is 4.74. The monoisotopic (exact) mass is 216 g/mol. The van der Waals surface area contributed by atoms with Gasteiger partial charge in [0.15, 0.2) is 0 Å². The summed E-state index contributed by atoms with van der Waals surface area (Å²) in [5, 5.41) is 10.2. The van der Waals surface area contributed by atoms with E-state index in [0.717, 1.165) is 12.0 Å². The predicted molar refractivity (Wildman–Crippen MR) is 67.3 cm³/mol. The standard InChI is InChI=1S/C15H20O/c1-12-6-5-9-14(10-12)15(16)11-13-7-3-2-4-8-13/h5-7,9-10,15-16H,2-4,8,11H2,1H3. The molecule has 0 bridgehead atoms. The van der Waals surface area contributed by atoms with Crippen molar-refractivity contribution in [3.63, 3.8) is 0 Å². The molecule has 86 valence electrons. The van der Waals surface area contributed by atoms with Gasteiger partial charge in [0, 0.05) is 0 Å².